The third-order valence-corrected chi connectivity index (χ3v) is 3.11. The molecule has 7 nitrogen and oxygen atoms in total. The third kappa shape index (κ3) is 8.55. The van der Waals surface area contributed by atoms with Crippen molar-refractivity contribution in [3.8, 4) is 0 Å². The molecule has 0 aromatic rings. The van der Waals surface area contributed by atoms with Gasteiger partial charge in [0.05, 0.1) is 12.7 Å². The molecule has 0 fully saturated rings. The molecule has 2 N–H and O–H groups in total. The zero-order valence-corrected chi connectivity index (χ0v) is 12.5. The Labute approximate surface area is 114 Å². The number of carbonyl (C=O) groups is 2. The Bertz CT molecular complexity index is 419. The number of carboxylic acids is 1. The largest absolute Gasteiger partial charge is 0.481 e. The number of carbonyl (C=O) groups excluding carboxylic acids is 1. The van der Waals surface area contributed by atoms with Gasteiger partial charge in [-0.1, -0.05) is 13.8 Å². The number of sulfonamides is 1. The molecule has 0 aliphatic heterocycles. The quantitative estimate of drug-likeness (QED) is 0.649. The van der Waals surface area contributed by atoms with Crippen LogP contribution in [-0.4, -0.2) is 56.2 Å². The second kappa shape index (κ2) is 7.44. The highest BCUT2D eigenvalue weighted by Gasteiger charge is 2.26. The summed E-state index contributed by atoms with van der Waals surface area (Å²) < 4.78 is 24.8. The molecule has 1 atom stereocenters. The van der Waals surface area contributed by atoms with Gasteiger partial charge in [0.2, 0.25) is 15.9 Å². The zero-order valence-electron chi connectivity index (χ0n) is 11.7. The van der Waals surface area contributed by atoms with Crippen molar-refractivity contribution in [3.63, 3.8) is 0 Å². The van der Waals surface area contributed by atoms with E-state index in [0.29, 0.717) is 6.42 Å². The average Bonchev–Trinajstić information content (AvgIpc) is 2.21. The van der Waals surface area contributed by atoms with E-state index in [1.165, 1.54) is 11.9 Å². The summed E-state index contributed by atoms with van der Waals surface area (Å²) in [6.07, 6.45) is 1.18. The van der Waals surface area contributed by atoms with Crippen LogP contribution in [-0.2, 0) is 19.6 Å². The maximum atomic E-state index is 12.1. The van der Waals surface area contributed by atoms with Crippen LogP contribution in [0.3, 0.4) is 0 Å². The number of amides is 1. The number of likely N-dealkylation sites (N-methyl/N-ethyl adjacent to an activating group) is 1. The number of carboxylic acid groups (broad SMARTS) is 1. The molecule has 0 aromatic carbocycles. The van der Waals surface area contributed by atoms with Crippen LogP contribution in [0.2, 0.25) is 0 Å². The van der Waals surface area contributed by atoms with E-state index in [-0.39, 0.29) is 18.9 Å². The summed E-state index contributed by atoms with van der Waals surface area (Å²) >= 11 is 0. The van der Waals surface area contributed by atoms with Crippen LogP contribution in [0.4, 0.5) is 0 Å². The summed E-state index contributed by atoms with van der Waals surface area (Å²) in [4.78, 5) is 23.8. The number of rotatable bonds is 8. The van der Waals surface area contributed by atoms with Crippen LogP contribution in [0.5, 0.6) is 0 Å². The van der Waals surface area contributed by atoms with Gasteiger partial charge in [0.1, 0.15) is 6.04 Å². The molecule has 0 aliphatic rings. The molecule has 0 radical (unpaired) electrons. The van der Waals surface area contributed by atoms with Crippen LogP contribution in [0, 0.1) is 5.92 Å². The van der Waals surface area contributed by atoms with E-state index in [1.54, 1.807) is 0 Å². The molecule has 1 amide bonds. The van der Waals surface area contributed by atoms with Crippen LogP contribution < -0.4 is 4.72 Å². The van der Waals surface area contributed by atoms with E-state index in [4.69, 9.17) is 5.11 Å². The number of aliphatic carboxylic acids is 1. The van der Waals surface area contributed by atoms with Crippen LogP contribution in [0.1, 0.15) is 26.7 Å². The Hall–Kier alpha value is -1.15. The Morgan fingerprint density at radius 2 is 1.84 bits per heavy atom. The second-order valence-electron chi connectivity index (χ2n) is 4.98. The van der Waals surface area contributed by atoms with Crippen molar-refractivity contribution in [1.29, 1.82) is 0 Å². The number of nitrogens with zero attached hydrogens (tertiary/aromatic N) is 1. The highest BCUT2D eigenvalue weighted by molar-refractivity contribution is 7.88. The van der Waals surface area contributed by atoms with E-state index in [0.717, 1.165) is 6.26 Å². The number of hydrogen-bond acceptors (Lipinski definition) is 4. The lowest BCUT2D eigenvalue weighted by Crippen LogP contribution is -2.48. The van der Waals surface area contributed by atoms with Gasteiger partial charge in [-0.05, 0) is 12.3 Å². The van der Waals surface area contributed by atoms with Crippen molar-refractivity contribution in [2.45, 2.75) is 32.7 Å². The van der Waals surface area contributed by atoms with Gasteiger partial charge >= 0.3 is 5.97 Å². The van der Waals surface area contributed by atoms with Crippen molar-refractivity contribution in [1.82, 2.24) is 9.62 Å². The first-order valence-corrected chi connectivity index (χ1v) is 7.86. The first kappa shape index (κ1) is 17.8. The summed E-state index contributed by atoms with van der Waals surface area (Å²) in [7, 11) is -2.03. The molecule has 0 rings (SSSR count). The highest BCUT2D eigenvalue weighted by atomic mass is 32.2. The Morgan fingerprint density at radius 1 is 1.32 bits per heavy atom. The lowest BCUT2D eigenvalue weighted by atomic mass is 10.0. The van der Waals surface area contributed by atoms with Gasteiger partial charge in [0.15, 0.2) is 0 Å². The van der Waals surface area contributed by atoms with E-state index >= 15 is 0 Å². The lowest BCUT2D eigenvalue weighted by Gasteiger charge is -2.24. The van der Waals surface area contributed by atoms with Gasteiger partial charge in [0.25, 0.3) is 0 Å². The topological polar surface area (TPSA) is 104 Å². The molecule has 8 heteroatoms. The van der Waals surface area contributed by atoms with E-state index in [1.807, 2.05) is 13.8 Å². The molecular weight excluding hydrogens is 272 g/mol. The van der Waals surface area contributed by atoms with Gasteiger partial charge in [-0.15, -0.1) is 0 Å². The van der Waals surface area contributed by atoms with Crippen LogP contribution in [0.15, 0.2) is 0 Å². The SMILES string of the molecule is CC(C)CC(NS(C)(=O)=O)C(=O)N(C)CCC(=O)O. The molecule has 112 valence electrons. The third-order valence-electron chi connectivity index (χ3n) is 2.40. The molecule has 0 heterocycles. The molecule has 1 unspecified atom stereocenters. The van der Waals surface area contributed by atoms with Gasteiger partial charge in [-0.2, -0.15) is 0 Å². The summed E-state index contributed by atoms with van der Waals surface area (Å²) in [5.74, 6) is -1.28. The maximum absolute atomic E-state index is 12.1. The van der Waals surface area contributed by atoms with Gasteiger partial charge in [-0.25, -0.2) is 13.1 Å². The second-order valence-corrected chi connectivity index (χ2v) is 6.76. The van der Waals surface area contributed by atoms with Crippen molar-refractivity contribution < 1.29 is 23.1 Å². The molecule has 0 aliphatic carbocycles. The predicted octanol–water partition coefficient (Wildman–Crippen LogP) is -0.117. The fourth-order valence-electron chi connectivity index (χ4n) is 1.57. The molecule has 19 heavy (non-hydrogen) atoms. The Morgan fingerprint density at radius 3 is 2.21 bits per heavy atom. The van der Waals surface area contributed by atoms with Crippen LogP contribution >= 0.6 is 0 Å². The fraction of sp³-hybridized carbons (Fsp3) is 0.818. The highest BCUT2D eigenvalue weighted by Crippen LogP contribution is 2.08. The maximum Gasteiger partial charge on any atom is 0.305 e. The minimum atomic E-state index is -3.49. The number of nitrogens with one attached hydrogen (secondary N) is 1. The average molecular weight is 294 g/mol. The predicted molar refractivity (Wildman–Crippen MR) is 71.1 cm³/mol. The van der Waals surface area contributed by atoms with Gasteiger partial charge in [0, 0.05) is 13.6 Å². The zero-order chi connectivity index (χ0) is 15.2. The van der Waals surface area contributed by atoms with Crippen molar-refractivity contribution >= 4 is 21.9 Å². The first-order valence-electron chi connectivity index (χ1n) is 5.97. The Kier molecular flexibility index (Phi) is 6.99. The normalized spacial score (nSPS) is 13.3. The minimum Gasteiger partial charge on any atom is -0.481 e. The number of hydrogen-bond donors (Lipinski definition) is 2. The fourth-order valence-corrected chi connectivity index (χ4v) is 2.28. The molecule has 0 saturated heterocycles. The molecule has 0 saturated carbocycles. The molecular formula is C11H22N2O5S. The monoisotopic (exact) mass is 294 g/mol. The summed E-state index contributed by atoms with van der Waals surface area (Å²) in [6.45, 7) is 3.80. The minimum absolute atomic E-state index is 0.0498. The molecule has 0 bridgehead atoms. The van der Waals surface area contributed by atoms with Crippen molar-refractivity contribution in [2.24, 2.45) is 5.92 Å². The lowest BCUT2D eigenvalue weighted by molar-refractivity contribution is -0.138. The van der Waals surface area contributed by atoms with E-state index < -0.39 is 27.9 Å². The van der Waals surface area contributed by atoms with E-state index in [2.05, 4.69) is 4.72 Å². The summed E-state index contributed by atoms with van der Waals surface area (Å²) in [5, 5.41) is 8.57. The summed E-state index contributed by atoms with van der Waals surface area (Å²) in [6, 6.07) is -0.853. The van der Waals surface area contributed by atoms with E-state index in [9.17, 15) is 18.0 Å². The Balaban J connectivity index is 4.74. The van der Waals surface area contributed by atoms with Crippen molar-refractivity contribution in [3.05, 3.63) is 0 Å². The van der Waals surface area contributed by atoms with Crippen molar-refractivity contribution in [2.75, 3.05) is 19.8 Å². The molecule has 0 spiro atoms. The van der Waals surface area contributed by atoms with Crippen LogP contribution in [0.25, 0.3) is 0 Å². The first-order chi connectivity index (χ1) is 8.53. The molecule has 0 aromatic heterocycles. The van der Waals surface area contributed by atoms with Gasteiger partial charge < -0.3 is 10.0 Å². The van der Waals surface area contributed by atoms with Gasteiger partial charge in [-0.3, -0.25) is 9.59 Å². The standard InChI is InChI=1S/C11H22N2O5S/c1-8(2)7-9(12-19(4,17)18)11(16)13(3)6-5-10(14)15/h8-9,12H,5-7H2,1-4H3,(H,14,15). The summed E-state index contributed by atoms with van der Waals surface area (Å²) in [5.41, 5.74) is 0. The smallest absolute Gasteiger partial charge is 0.305 e.